The first-order valence-electron chi connectivity index (χ1n) is 20.8. The minimum Gasteiger partial charge on any atom is -0.416 e. The van der Waals surface area contributed by atoms with Gasteiger partial charge in [-0.2, -0.15) is 20.4 Å². The zero-order chi connectivity index (χ0) is 45.2. The second-order valence-electron chi connectivity index (χ2n) is 18.6. The Labute approximate surface area is 368 Å². The van der Waals surface area contributed by atoms with Gasteiger partial charge in [0, 0.05) is 78.6 Å². The fourth-order valence-corrected chi connectivity index (χ4v) is 7.37. The zero-order valence-electron chi connectivity index (χ0n) is 37.9. The molecule has 326 valence electrons. The Balaban J connectivity index is 0.000000193. The van der Waals surface area contributed by atoms with Crippen LogP contribution in [0.2, 0.25) is 18.1 Å². The third kappa shape index (κ3) is 10.6. The predicted molar refractivity (Wildman–Crippen MR) is 250 cm³/mol. The van der Waals surface area contributed by atoms with Crippen LogP contribution in [0.4, 0.5) is 23.3 Å². The largest absolute Gasteiger partial charge is 0.416 e. The highest BCUT2D eigenvalue weighted by molar-refractivity contribution is 6.74. The monoisotopic (exact) mass is 864 g/mol. The number of fused-ring (bicyclic) bond motifs is 2. The van der Waals surface area contributed by atoms with Crippen molar-refractivity contribution < 1.29 is 9.53 Å². The fraction of sp³-hybridized carbons (Fsp3) is 0.348. The van der Waals surface area contributed by atoms with Crippen molar-refractivity contribution >= 4 is 53.7 Å². The molecule has 0 radical (unpaired) electrons. The third-order valence-electron chi connectivity index (χ3n) is 11.5. The molecular formula is C46H56N14O2Si. The maximum atomic E-state index is 9.57. The SMILES string of the molecule is Cn1cc(-c2cnc3ccc(Nc4cc(C(C)(C)CO)cnn4)nc3c2)cn1.Cn1cc(-c2cnc3ccc(Nc4cc(C(C)(C)CO[Si](C)(C)C(C)(C)C)cnn4)nc3c2)cn1. The predicted octanol–water partition coefficient (Wildman–Crippen LogP) is 8.70. The quantitative estimate of drug-likeness (QED) is 0.0988. The molecule has 17 heteroatoms. The van der Waals surface area contributed by atoms with Crippen LogP contribution in [0.1, 0.15) is 59.6 Å². The van der Waals surface area contributed by atoms with Crippen LogP contribution in [-0.2, 0) is 29.4 Å². The summed E-state index contributed by atoms with van der Waals surface area (Å²) in [5.74, 6) is 2.55. The molecule has 16 nitrogen and oxygen atoms in total. The van der Waals surface area contributed by atoms with Gasteiger partial charge in [-0.1, -0.05) is 48.5 Å². The highest BCUT2D eigenvalue weighted by Gasteiger charge is 2.39. The molecule has 0 spiro atoms. The lowest BCUT2D eigenvalue weighted by Gasteiger charge is -2.39. The molecule has 0 aliphatic rings. The second kappa shape index (κ2) is 17.7. The molecule has 0 aromatic carbocycles. The Morgan fingerprint density at radius 1 is 0.571 bits per heavy atom. The average Bonchev–Trinajstić information content (AvgIpc) is 3.90. The lowest BCUT2D eigenvalue weighted by Crippen LogP contribution is -2.44. The van der Waals surface area contributed by atoms with Gasteiger partial charge in [0.05, 0.1) is 53.5 Å². The topological polar surface area (TPSA) is 192 Å². The van der Waals surface area contributed by atoms with E-state index in [2.05, 4.69) is 104 Å². The van der Waals surface area contributed by atoms with Crippen LogP contribution in [0, 0.1) is 0 Å². The summed E-state index contributed by atoms with van der Waals surface area (Å²) >= 11 is 0. The molecule has 63 heavy (non-hydrogen) atoms. The molecule has 0 amide bonds. The summed E-state index contributed by atoms with van der Waals surface area (Å²) in [7, 11) is 1.93. The van der Waals surface area contributed by atoms with Gasteiger partial charge in [0.1, 0.15) is 11.6 Å². The number of pyridine rings is 4. The van der Waals surface area contributed by atoms with E-state index in [-0.39, 0.29) is 17.1 Å². The first-order chi connectivity index (χ1) is 29.8. The van der Waals surface area contributed by atoms with E-state index in [1.54, 1.807) is 21.8 Å². The van der Waals surface area contributed by atoms with Crippen LogP contribution in [0.3, 0.4) is 0 Å². The number of hydrogen-bond acceptors (Lipinski definition) is 14. The van der Waals surface area contributed by atoms with Crippen LogP contribution in [0.15, 0.2) is 98.1 Å². The molecule has 8 heterocycles. The van der Waals surface area contributed by atoms with Crippen molar-refractivity contribution in [3.05, 3.63) is 109 Å². The Morgan fingerprint density at radius 3 is 1.44 bits per heavy atom. The second-order valence-corrected chi connectivity index (χ2v) is 23.4. The fourth-order valence-electron chi connectivity index (χ4n) is 6.22. The first kappa shape index (κ1) is 44.5. The number of aliphatic hydroxyl groups excluding tert-OH is 1. The van der Waals surface area contributed by atoms with Crippen LogP contribution >= 0.6 is 0 Å². The van der Waals surface area contributed by atoms with E-state index in [4.69, 9.17) is 9.41 Å². The van der Waals surface area contributed by atoms with Gasteiger partial charge in [0.25, 0.3) is 0 Å². The zero-order valence-corrected chi connectivity index (χ0v) is 38.9. The van der Waals surface area contributed by atoms with Gasteiger partial charge in [0.15, 0.2) is 20.0 Å². The van der Waals surface area contributed by atoms with Crippen LogP contribution < -0.4 is 10.6 Å². The molecule has 0 aliphatic heterocycles. The number of nitrogens with one attached hydrogen (secondary N) is 2. The number of hydrogen-bond donors (Lipinski definition) is 3. The van der Waals surface area contributed by atoms with Crippen molar-refractivity contribution in [2.75, 3.05) is 23.8 Å². The van der Waals surface area contributed by atoms with Gasteiger partial charge >= 0.3 is 0 Å². The van der Waals surface area contributed by atoms with Crippen molar-refractivity contribution in [3.63, 3.8) is 0 Å². The summed E-state index contributed by atoms with van der Waals surface area (Å²) in [5, 5.41) is 41.4. The maximum Gasteiger partial charge on any atom is 0.192 e. The van der Waals surface area contributed by atoms with Gasteiger partial charge < -0.3 is 20.2 Å². The number of rotatable bonds is 12. The molecule has 0 saturated carbocycles. The van der Waals surface area contributed by atoms with E-state index in [0.29, 0.717) is 29.9 Å². The molecule has 0 saturated heterocycles. The minimum absolute atomic E-state index is 0.0230. The first-order valence-corrected chi connectivity index (χ1v) is 23.7. The van der Waals surface area contributed by atoms with Gasteiger partial charge in [-0.15, -0.1) is 10.2 Å². The van der Waals surface area contributed by atoms with Crippen molar-refractivity contribution in [3.8, 4) is 22.3 Å². The Kier molecular flexibility index (Phi) is 12.5. The summed E-state index contributed by atoms with van der Waals surface area (Å²) in [6.07, 6.45) is 14.7. The number of aliphatic hydroxyl groups is 1. The van der Waals surface area contributed by atoms with Gasteiger partial charge in [-0.3, -0.25) is 19.3 Å². The summed E-state index contributed by atoms with van der Waals surface area (Å²) in [6.45, 7) is 20.3. The van der Waals surface area contributed by atoms with Crippen LogP contribution in [0.5, 0.6) is 0 Å². The summed E-state index contributed by atoms with van der Waals surface area (Å²) in [6, 6.07) is 15.5. The lowest BCUT2D eigenvalue weighted by molar-refractivity contribution is 0.218. The van der Waals surface area contributed by atoms with Gasteiger partial charge in [-0.05, 0) is 77.8 Å². The summed E-state index contributed by atoms with van der Waals surface area (Å²) in [5.41, 5.74) is 8.47. The standard InChI is InChI=1S/C26H35N7OSi.C20H21N7O/c1-25(2,3)35(7,8)34-17-26(4,5)20-12-24(32-28-15-20)31-23-10-9-21-22(30-23)11-18(13-27-21)19-14-29-33(6)16-19;1-20(2,12-28)15-7-19(26-22-10-15)25-18-5-4-16-17(24-18)6-13(8-21-16)14-9-23-27(3)11-14/h9-16H,17H2,1-8H3,(H,30,31,32);4-11,28H,12H2,1-3H3,(H,24,25,26). The van der Waals surface area contributed by atoms with Crippen molar-refractivity contribution in [1.29, 1.82) is 0 Å². The molecule has 8 aromatic rings. The molecule has 0 fully saturated rings. The molecule has 8 aromatic heterocycles. The van der Waals surface area contributed by atoms with E-state index in [1.807, 2.05) is 114 Å². The van der Waals surface area contributed by atoms with E-state index < -0.39 is 13.7 Å². The smallest absolute Gasteiger partial charge is 0.192 e. The van der Waals surface area contributed by atoms with Crippen LogP contribution in [0.25, 0.3) is 44.3 Å². The highest BCUT2D eigenvalue weighted by Crippen LogP contribution is 2.38. The Hall–Kier alpha value is -6.56. The van der Waals surface area contributed by atoms with Crippen LogP contribution in [-0.4, -0.2) is 86.5 Å². The lowest BCUT2D eigenvalue weighted by atomic mass is 9.87. The highest BCUT2D eigenvalue weighted by atomic mass is 28.4. The molecule has 0 atom stereocenters. The number of aromatic nitrogens is 12. The van der Waals surface area contributed by atoms with E-state index in [1.165, 1.54) is 0 Å². The third-order valence-corrected chi connectivity index (χ3v) is 16.0. The number of anilines is 4. The molecular weight excluding hydrogens is 809 g/mol. The normalized spacial score (nSPS) is 12.3. The van der Waals surface area contributed by atoms with Gasteiger partial charge in [0.2, 0.25) is 0 Å². The Morgan fingerprint density at radius 2 is 1.03 bits per heavy atom. The molecule has 0 unspecified atom stereocenters. The minimum atomic E-state index is -1.85. The van der Waals surface area contributed by atoms with E-state index in [9.17, 15) is 5.11 Å². The summed E-state index contributed by atoms with van der Waals surface area (Å²) in [4.78, 5) is 18.5. The average molecular weight is 865 g/mol. The molecule has 0 bridgehead atoms. The van der Waals surface area contributed by atoms with E-state index >= 15 is 0 Å². The van der Waals surface area contributed by atoms with E-state index in [0.717, 1.165) is 55.4 Å². The van der Waals surface area contributed by atoms with Crippen molar-refractivity contribution in [2.45, 2.75) is 77.4 Å². The molecule has 8 rings (SSSR count). The van der Waals surface area contributed by atoms with Gasteiger partial charge in [-0.25, -0.2) is 9.97 Å². The van der Waals surface area contributed by atoms with Crippen molar-refractivity contribution in [1.82, 2.24) is 59.9 Å². The maximum absolute atomic E-state index is 9.57. The molecule has 0 aliphatic carbocycles. The molecule has 3 N–H and O–H groups in total. The number of aryl methyl sites for hydroxylation is 2. The van der Waals surface area contributed by atoms with Crippen molar-refractivity contribution in [2.24, 2.45) is 14.1 Å². The number of nitrogens with zero attached hydrogens (tertiary/aromatic N) is 12. The Bertz CT molecular complexity index is 2870. The summed E-state index contributed by atoms with van der Waals surface area (Å²) < 4.78 is 10.0.